The van der Waals surface area contributed by atoms with E-state index in [2.05, 4.69) is 11.1 Å². The third kappa shape index (κ3) is 3.16. The summed E-state index contributed by atoms with van der Waals surface area (Å²) in [6, 6.07) is 20.6. The molecule has 0 bridgehead atoms. The number of carbonyl (C=O) groups is 2. The number of hydrogen-bond acceptors (Lipinski definition) is 3. The number of rotatable bonds is 3. The smallest absolute Gasteiger partial charge is 0.276 e. The zero-order valence-corrected chi connectivity index (χ0v) is 15.9. The van der Waals surface area contributed by atoms with Gasteiger partial charge in [-0.15, -0.1) is 0 Å². The third-order valence-electron chi connectivity index (χ3n) is 5.10. The van der Waals surface area contributed by atoms with Crippen LogP contribution in [0, 0.1) is 0 Å². The van der Waals surface area contributed by atoms with E-state index in [0.29, 0.717) is 5.56 Å². The second-order valence-corrected chi connectivity index (χ2v) is 6.99. The number of amides is 2. The Morgan fingerprint density at radius 2 is 1.75 bits per heavy atom. The molecule has 5 heteroatoms. The molecule has 1 unspecified atom stereocenters. The standard InChI is InChI=1S/C23H21N3O2/c1-16-14-17-8-6-7-11-21(17)26(16)22(27)18-12-13-24-20(15-18)23(28)25(2)19-9-4-3-5-10-19/h3-13,15-16H,14H2,1-2H3. The highest BCUT2D eigenvalue weighted by atomic mass is 16.2. The van der Waals surface area contributed by atoms with Crippen LogP contribution in [0.5, 0.6) is 0 Å². The van der Waals surface area contributed by atoms with Crippen LogP contribution in [-0.2, 0) is 6.42 Å². The Morgan fingerprint density at radius 3 is 2.54 bits per heavy atom. The van der Waals surface area contributed by atoms with Crippen LogP contribution < -0.4 is 9.80 Å². The number of aromatic nitrogens is 1. The maximum absolute atomic E-state index is 13.2. The van der Waals surface area contributed by atoms with Crippen LogP contribution in [0.1, 0.15) is 33.3 Å². The van der Waals surface area contributed by atoms with Crippen molar-refractivity contribution in [1.82, 2.24) is 4.98 Å². The lowest BCUT2D eigenvalue weighted by Gasteiger charge is -2.23. The van der Waals surface area contributed by atoms with Gasteiger partial charge in [0.2, 0.25) is 0 Å². The lowest BCUT2D eigenvalue weighted by molar-refractivity contribution is 0.0981. The number of fused-ring (bicyclic) bond motifs is 1. The first-order chi connectivity index (χ1) is 13.6. The fraction of sp³-hybridized carbons (Fsp3) is 0.174. The molecule has 28 heavy (non-hydrogen) atoms. The van der Waals surface area contributed by atoms with Gasteiger partial charge < -0.3 is 9.80 Å². The van der Waals surface area contributed by atoms with Crippen molar-refractivity contribution in [3.63, 3.8) is 0 Å². The molecule has 0 saturated heterocycles. The van der Waals surface area contributed by atoms with Crippen LogP contribution in [-0.4, -0.2) is 29.9 Å². The van der Waals surface area contributed by atoms with Crippen molar-refractivity contribution >= 4 is 23.2 Å². The second-order valence-electron chi connectivity index (χ2n) is 6.99. The molecule has 1 atom stereocenters. The maximum Gasteiger partial charge on any atom is 0.276 e. The Morgan fingerprint density at radius 1 is 1.04 bits per heavy atom. The van der Waals surface area contributed by atoms with Crippen molar-refractivity contribution in [1.29, 1.82) is 0 Å². The van der Waals surface area contributed by atoms with Gasteiger partial charge >= 0.3 is 0 Å². The molecular weight excluding hydrogens is 350 g/mol. The minimum Gasteiger partial charge on any atom is -0.310 e. The summed E-state index contributed by atoms with van der Waals surface area (Å²) in [5.41, 5.74) is 3.58. The summed E-state index contributed by atoms with van der Waals surface area (Å²) in [6.07, 6.45) is 2.35. The van der Waals surface area contributed by atoms with Gasteiger partial charge in [0.15, 0.2) is 0 Å². The Hall–Kier alpha value is -3.47. The van der Waals surface area contributed by atoms with E-state index in [1.807, 2.05) is 55.5 Å². The molecular formula is C23H21N3O2. The van der Waals surface area contributed by atoms with Gasteiger partial charge in [0.05, 0.1) is 0 Å². The first-order valence-electron chi connectivity index (χ1n) is 9.27. The highest BCUT2D eigenvalue weighted by Gasteiger charge is 2.31. The van der Waals surface area contributed by atoms with Crippen LogP contribution in [0.15, 0.2) is 72.9 Å². The molecule has 3 aromatic rings. The van der Waals surface area contributed by atoms with Gasteiger partial charge in [-0.1, -0.05) is 36.4 Å². The number of hydrogen-bond donors (Lipinski definition) is 0. The topological polar surface area (TPSA) is 53.5 Å². The molecule has 0 radical (unpaired) electrons. The summed E-state index contributed by atoms with van der Waals surface area (Å²) in [5.74, 6) is -0.369. The molecule has 5 nitrogen and oxygen atoms in total. The predicted molar refractivity (Wildman–Crippen MR) is 110 cm³/mol. The minimum absolute atomic E-state index is 0.0733. The molecule has 1 aliphatic rings. The van der Waals surface area contributed by atoms with Gasteiger partial charge in [-0.05, 0) is 49.2 Å². The third-order valence-corrected chi connectivity index (χ3v) is 5.10. The largest absolute Gasteiger partial charge is 0.310 e. The SMILES string of the molecule is CC1Cc2ccccc2N1C(=O)c1ccnc(C(=O)N(C)c2ccccc2)c1. The molecule has 2 aromatic carbocycles. The van der Waals surface area contributed by atoms with E-state index in [9.17, 15) is 9.59 Å². The molecule has 2 heterocycles. The number of nitrogens with zero attached hydrogens (tertiary/aromatic N) is 3. The summed E-state index contributed by atoms with van der Waals surface area (Å²) in [4.78, 5) is 33.6. The van der Waals surface area contributed by atoms with Gasteiger partial charge in [0.25, 0.3) is 11.8 Å². The predicted octanol–water partition coefficient (Wildman–Crippen LogP) is 3.95. The number of carbonyl (C=O) groups excluding carboxylic acids is 2. The molecule has 1 aromatic heterocycles. The number of pyridine rings is 1. The van der Waals surface area contributed by atoms with Gasteiger partial charge in [-0.3, -0.25) is 14.6 Å². The average Bonchev–Trinajstić information content (AvgIpc) is 3.08. The average molecular weight is 371 g/mol. The van der Waals surface area contributed by atoms with E-state index < -0.39 is 0 Å². The zero-order chi connectivity index (χ0) is 19.7. The first kappa shape index (κ1) is 17.9. The summed E-state index contributed by atoms with van der Waals surface area (Å²) < 4.78 is 0. The number of benzene rings is 2. The summed E-state index contributed by atoms with van der Waals surface area (Å²) >= 11 is 0. The molecule has 2 amide bonds. The Bertz CT molecular complexity index is 1030. The zero-order valence-electron chi connectivity index (χ0n) is 15.9. The highest BCUT2D eigenvalue weighted by Crippen LogP contribution is 2.33. The molecule has 0 saturated carbocycles. The molecule has 0 N–H and O–H groups in total. The second kappa shape index (κ2) is 7.27. The fourth-order valence-electron chi connectivity index (χ4n) is 3.64. The van der Waals surface area contributed by atoms with E-state index in [-0.39, 0.29) is 23.6 Å². The van der Waals surface area contributed by atoms with Gasteiger partial charge in [-0.2, -0.15) is 0 Å². The van der Waals surface area contributed by atoms with E-state index >= 15 is 0 Å². The van der Waals surface area contributed by atoms with Gasteiger partial charge in [0, 0.05) is 36.2 Å². The van der Waals surface area contributed by atoms with Crippen molar-refractivity contribution in [2.45, 2.75) is 19.4 Å². The molecule has 4 rings (SSSR count). The quantitative estimate of drug-likeness (QED) is 0.700. The Balaban J connectivity index is 1.62. The Kier molecular flexibility index (Phi) is 4.65. The number of para-hydroxylation sites is 2. The van der Waals surface area contributed by atoms with Crippen LogP contribution in [0.2, 0.25) is 0 Å². The van der Waals surface area contributed by atoms with Crippen LogP contribution in [0.25, 0.3) is 0 Å². The molecule has 0 aliphatic carbocycles. The van der Waals surface area contributed by atoms with Gasteiger partial charge in [0.1, 0.15) is 5.69 Å². The lowest BCUT2D eigenvalue weighted by atomic mass is 10.1. The molecule has 1 aliphatic heterocycles. The Labute approximate surface area is 164 Å². The van der Waals surface area contributed by atoms with Crippen LogP contribution >= 0.6 is 0 Å². The van der Waals surface area contributed by atoms with Crippen molar-refractivity contribution < 1.29 is 9.59 Å². The lowest BCUT2D eigenvalue weighted by Crippen LogP contribution is -2.36. The highest BCUT2D eigenvalue weighted by molar-refractivity contribution is 6.10. The molecule has 140 valence electrons. The van der Waals surface area contributed by atoms with Crippen LogP contribution in [0.3, 0.4) is 0 Å². The monoisotopic (exact) mass is 371 g/mol. The number of anilines is 2. The van der Waals surface area contributed by atoms with E-state index in [1.165, 1.54) is 11.1 Å². The summed E-state index contributed by atoms with van der Waals surface area (Å²) in [7, 11) is 1.70. The van der Waals surface area contributed by atoms with Crippen molar-refractivity contribution in [3.8, 4) is 0 Å². The van der Waals surface area contributed by atoms with Gasteiger partial charge in [-0.25, -0.2) is 0 Å². The summed E-state index contributed by atoms with van der Waals surface area (Å²) in [5, 5.41) is 0. The van der Waals surface area contributed by atoms with Crippen molar-refractivity contribution in [2.24, 2.45) is 0 Å². The summed E-state index contributed by atoms with van der Waals surface area (Å²) in [6.45, 7) is 2.04. The van der Waals surface area contributed by atoms with E-state index in [1.54, 1.807) is 24.1 Å². The molecule has 0 fully saturated rings. The van der Waals surface area contributed by atoms with E-state index in [4.69, 9.17) is 0 Å². The van der Waals surface area contributed by atoms with E-state index in [0.717, 1.165) is 23.4 Å². The normalized spacial score (nSPS) is 15.2. The fourth-order valence-corrected chi connectivity index (χ4v) is 3.64. The maximum atomic E-state index is 13.2. The van der Waals surface area contributed by atoms with Crippen LogP contribution in [0.4, 0.5) is 11.4 Å². The van der Waals surface area contributed by atoms with Crippen molar-refractivity contribution in [2.75, 3.05) is 16.8 Å². The minimum atomic E-state index is -0.254. The molecule has 0 spiro atoms. The first-order valence-corrected chi connectivity index (χ1v) is 9.27. The van der Waals surface area contributed by atoms with Crippen molar-refractivity contribution in [3.05, 3.63) is 89.7 Å².